The number of likely N-dealkylation sites (tertiary alicyclic amines) is 1. The van der Waals surface area contributed by atoms with Crippen LogP contribution in [0.3, 0.4) is 0 Å². The van der Waals surface area contributed by atoms with Crippen molar-refractivity contribution in [2.75, 3.05) is 40.6 Å². The number of ether oxygens (including phenoxy) is 5. The van der Waals surface area contributed by atoms with Crippen LogP contribution in [0.15, 0.2) is 36.4 Å². The number of amides is 1. The number of para-hydroxylation sites is 1. The Labute approximate surface area is 223 Å². The van der Waals surface area contributed by atoms with Crippen molar-refractivity contribution in [3.63, 3.8) is 0 Å². The number of aliphatic hydroxyl groups is 1. The number of nitrogens with zero attached hydrogens (tertiary/aromatic N) is 1. The summed E-state index contributed by atoms with van der Waals surface area (Å²) in [6.45, 7) is 5.28. The van der Waals surface area contributed by atoms with Gasteiger partial charge < -0.3 is 33.7 Å². The average Bonchev–Trinajstić information content (AvgIpc) is 3.43. The predicted molar refractivity (Wildman–Crippen MR) is 140 cm³/mol. The van der Waals surface area contributed by atoms with Crippen LogP contribution in [0.4, 0.5) is 0 Å². The van der Waals surface area contributed by atoms with Crippen LogP contribution >= 0.6 is 0 Å². The maximum absolute atomic E-state index is 12.8. The minimum Gasteiger partial charge on any atom is -0.493 e. The van der Waals surface area contributed by atoms with E-state index in [0.29, 0.717) is 67.8 Å². The molecule has 0 aromatic heterocycles. The number of carbonyl (C=O) groups excluding carboxylic acids is 2. The zero-order valence-corrected chi connectivity index (χ0v) is 22.4. The van der Waals surface area contributed by atoms with Gasteiger partial charge in [-0.15, -0.1) is 0 Å². The van der Waals surface area contributed by atoms with E-state index in [0.717, 1.165) is 12.0 Å². The van der Waals surface area contributed by atoms with Crippen molar-refractivity contribution in [2.24, 2.45) is 17.8 Å². The van der Waals surface area contributed by atoms with Gasteiger partial charge in [-0.2, -0.15) is 0 Å². The Balaban J connectivity index is 1.55. The summed E-state index contributed by atoms with van der Waals surface area (Å²) >= 11 is 0. The van der Waals surface area contributed by atoms with Gasteiger partial charge in [-0.05, 0) is 50.5 Å². The zero-order chi connectivity index (χ0) is 27.2. The van der Waals surface area contributed by atoms with Crippen LogP contribution in [0.25, 0.3) is 0 Å². The SMILES string of the molecule is CCOc1cccc(C2C(O)C(C[C@H]3C(=O)OC[C@@H]3Cc3ccc(OC)c(OC)c3)CN2C=O)c1OCC. The van der Waals surface area contributed by atoms with E-state index in [1.807, 2.05) is 50.2 Å². The molecule has 3 unspecified atom stereocenters. The molecule has 206 valence electrons. The molecule has 1 N–H and O–H groups in total. The molecule has 2 aromatic carbocycles. The number of methoxy groups -OCH3 is 2. The molecule has 0 radical (unpaired) electrons. The Bertz CT molecular complexity index is 1120. The molecule has 2 aliphatic rings. The van der Waals surface area contributed by atoms with Crippen LogP contribution < -0.4 is 18.9 Å². The van der Waals surface area contributed by atoms with E-state index in [4.69, 9.17) is 23.7 Å². The van der Waals surface area contributed by atoms with Crippen LogP contribution in [-0.4, -0.2) is 69.1 Å². The molecular weight excluding hydrogens is 490 g/mol. The molecule has 38 heavy (non-hydrogen) atoms. The second-order valence-electron chi connectivity index (χ2n) is 9.66. The third-order valence-corrected chi connectivity index (χ3v) is 7.47. The van der Waals surface area contributed by atoms with Gasteiger partial charge in [0.25, 0.3) is 0 Å². The summed E-state index contributed by atoms with van der Waals surface area (Å²) in [4.78, 5) is 26.5. The quantitative estimate of drug-likeness (QED) is 0.331. The second-order valence-corrected chi connectivity index (χ2v) is 9.66. The van der Waals surface area contributed by atoms with E-state index < -0.39 is 18.1 Å². The van der Waals surface area contributed by atoms with Crippen LogP contribution in [0.5, 0.6) is 23.0 Å². The zero-order valence-electron chi connectivity index (χ0n) is 22.4. The summed E-state index contributed by atoms with van der Waals surface area (Å²) in [7, 11) is 3.18. The number of rotatable bonds is 12. The molecule has 4 rings (SSSR count). The number of benzene rings is 2. The molecule has 2 fully saturated rings. The molecule has 0 spiro atoms. The van der Waals surface area contributed by atoms with E-state index in [-0.39, 0.29) is 17.8 Å². The molecule has 0 aliphatic carbocycles. The molecule has 2 heterocycles. The van der Waals surface area contributed by atoms with Gasteiger partial charge in [0.1, 0.15) is 0 Å². The second kappa shape index (κ2) is 12.4. The Hall–Kier alpha value is -3.46. The fraction of sp³-hybridized carbons (Fsp3) is 0.517. The Morgan fingerprint density at radius 1 is 1.03 bits per heavy atom. The highest BCUT2D eigenvalue weighted by Crippen LogP contribution is 2.45. The van der Waals surface area contributed by atoms with E-state index >= 15 is 0 Å². The van der Waals surface area contributed by atoms with Crippen molar-refractivity contribution in [2.45, 2.75) is 38.8 Å². The van der Waals surface area contributed by atoms with Gasteiger partial charge in [0.2, 0.25) is 6.41 Å². The summed E-state index contributed by atoms with van der Waals surface area (Å²) in [5, 5.41) is 11.5. The van der Waals surface area contributed by atoms with Crippen molar-refractivity contribution < 1.29 is 38.4 Å². The molecule has 9 nitrogen and oxygen atoms in total. The van der Waals surface area contributed by atoms with E-state index in [1.54, 1.807) is 19.1 Å². The summed E-state index contributed by atoms with van der Waals surface area (Å²) in [5.41, 5.74) is 1.69. The number of hydrogen-bond donors (Lipinski definition) is 1. The lowest BCUT2D eigenvalue weighted by Gasteiger charge is -2.26. The first-order valence-corrected chi connectivity index (χ1v) is 13.1. The Kier molecular flexibility index (Phi) is 8.99. The Morgan fingerprint density at radius 2 is 1.79 bits per heavy atom. The van der Waals surface area contributed by atoms with Gasteiger partial charge in [0.05, 0.1) is 52.1 Å². The lowest BCUT2D eigenvalue weighted by Crippen LogP contribution is -2.28. The minimum atomic E-state index is -0.883. The summed E-state index contributed by atoms with van der Waals surface area (Å²) in [6.07, 6.45) is 0.899. The topological polar surface area (TPSA) is 104 Å². The fourth-order valence-corrected chi connectivity index (χ4v) is 5.70. The smallest absolute Gasteiger partial charge is 0.309 e. The van der Waals surface area contributed by atoms with Crippen LogP contribution in [-0.2, 0) is 20.7 Å². The molecule has 2 aliphatic heterocycles. The molecule has 1 amide bonds. The third-order valence-electron chi connectivity index (χ3n) is 7.47. The summed E-state index contributed by atoms with van der Waals surface area (Å²) in [6, 6.07) is 10.6. The van der Waals surface area contributed by atoms with Crippen molar-refractivity contribution in [3.8, 4) is 23.0 Å². The maximum atomic E-state index is 12.8. The number of esters is 1. The highest BCUT2D eigenvalue weighted by molar-refractivity contribution is 5.75. The highest BCUT2D eigenvalue weighted by atomic mass is 16.5. The monoisotopic (exact) mass is 527 g/mol. The summed E-state index contributed by atoms with van der Waals surface area (Å²) < 4.78 is 27.9. The lowest BCUT2D eigenvalue weighted by atomic mass is 9.81. The first-order chi connectivity index (χ1) is 18.4. The Morgan fingerprint density at radius 3 is 2.47 bits per heavy atom. The van der Waals surface area contributed by atoms with Gasteiger partial charge in [-0.3, -0.25) is 9.59 Å². The first kappa shape index (κ1) is 27.6. The highest BCUT2D eigenvalue weighted by Gasteiger charge is 2.47. The average molecular weight is 528 g/mol. The number of hydrogen-bond acceptors (Lipinski definition) is 8. The van der Waals surface area contributed by atoms with E-state index in [2.05, 4.69) is 0 Å². The number of aliphatic hydroxyl groups excluding tert-OH is 1. The van der Waals surface area contributed by atoms with Gasteiger partial charge in [0, 0.05) is 23.9 Å². The predicted octanol–water partition coefficient (Wildman–Crippen LogP) is 3.41. The third kappa shape index (κ3) is 5.53. The van der Waals surface area contributed by atoms with Crippen LogP contribution in [0.1, 0.15) is 37.4 Å². The van der Waals surface area contributed by atoms with Crippen molar-refractivity contribution in [1.82, 2.24) is 4.90 Å². The summed E-state index contributed by atoms with van der Waals surface area (Å²) in [5.74, 6) is 1.34. The minimum absolute atomic E-state index is 0.0585. The van der Waals surface area contributed by atoms with Crippen molar-refractivity contribution >= 4 is 12.4 Å². The fourth-order valence-electron chi connectivity index (χ4n) is 5.70. The lowest BCUT2D eigenvalue weighted by molar-refractivity contribution is -0.141. The van der Waals surface area contributed by atoms with Crippen molar-refractivity contribution in [3.05, 3.63) is 47.5 Å². The van der Waals surface area contributed by atoms with Gasteiger partial charge >= 0.3 is 5.97 Å². The van der Waals surface area contributed by atoms with Gasteiger partial charge in [-0.25, -0.2) is 0 Å². The molecule has 2 saturated heterocycles. The standard InChI is InChI=1S/C29H37NO8/c1-5-36-24-9-7-8-21(28(24)37-6-2)26-27(32)19(15-30(26)17-31)14-22-20(16-38-29(22)33)12-18-10-11-23(34-3)25(13-18)35-4/h7-11,13,17,19-20,22,26-27,32H,5-6,12,14-16H2,1-4H3/t19?,20-,22+,26?,27?/m0/s1. The molecule has 5 atom stereocenters. The first-order valence-electron chi connectivity index (χ1n) is 13.1. The molecule has 0 saturated carbocycles. The van der Waals surface area contributed by atoms with Crippen LogP contribution in [0, 0.1) is 17.8 Å². The van der Waals surface area contributed by atoms with Gasteiger partial charge in [0.15, 0.2) is 23.0 Å². The molecule has 2 aromatic rings. The maximum Gasteiger partial charge on any atom is 0.309 e. The van der Waals surface area contributed by atoms with E-state index in [1.165, 1.54) is 0 Å². The van der Waals surface area contributed by atoms with Crippen LogP contribution in [0.2, 0.25) is 0 Å². The number of carbonyl (C=O) groups is 2. The molecule has 9 heteroatoms. The van der Waals surface area contributed by atoms with Crippen molar-refractivity contribution in [1.29, 1.82) is 0 Å². The van der Waals surface area contributed by atoms with E-state index in [9.17, 15) is 14.7 Å². The number of cyclic esters (lactones) is 1. The molecule has 0 bridgehead atoms. The normalized spacial score (nSPS) is 24.7. The largest absolute Gasteiger partial charge is 0.493 e. The van der Waals surface area contributed by atoms with Gasteiger partial charge in [-0.1, -0.05) is 18.2 Å². The molecular formula is C29H37NO8.